The molecule has 88 valence electrons. The van der Waals surface area contributed by atoms with Crippen LogP contribution in [0.2, 0.25) is 0 Å². The van der Waals surface area contributed by atoms with Gasteiger partial charge in [-0.15, -0.1) is 0 Å². The van der Waals surface area contributed by atoms with Gasteiger partial charge in [-0.25, -0.2) is 0 Å². The van der Waals surface area contributed by atoms with E-state index in [1.807, 2.05) is 18.2 Å². The van der Waals surface area contributed by atoms with Crippen LogP contribution in [0.15, 0.2) is 22.7 Å². The van der Waals surface area contributed by atoms with Crippen molar-refractivity contribution in [3.8, 4) is 0 Å². The van der Waals surface area contributed by atoms with Crippen molar-refractivity contribution in [1.29, 1.82) is 0 Å². The number of hydrogen-bond donors (Lipinski definition) is 1. The van der Waals surface area contributed by atoms with Crippen LogP contribution >= 0.6 is 61.1 Å². The third-order valence-electron chi connectivity index (χ3n) is 2.02. The number of carbonyl (C=O) groups is 1. The van der Waals surface area contributed by atoms with Gasteiger partial charge in [-0.1, -0.05) is 22.6 Å². The molecule has 1 rings (SSSR count). The van der Waals surface area contributed by atoms with Gasteiger partial charge in [-0.05, 0) is 74.0 Å². The van der Waals surface area contributed by atoms with Crippen molar-refractivity contribution < 1.29 is 4.79 Å². The molecule has 0 spiro atoms. The Hall–Kier alpha value is 0.630. The Morgan fingerprint density at radius 1 is 1.38 bits per heavy atom. The number of halogens is 3. The molecule has 0 saturated heterocycles. The zero-order valence-corrected chi connectivity index (χ0v) is 14.5. The lowest BCUT2D eigenvalue weighted by Crippen LogP contribution is -2.24. The molecular weight excluding hydrogens is 496 g/mol. The average Bonchev–Trinajstić information content (AvgIpc) is 2.27. The van der Waals surface area contributed by atoms with E-state index in [1.54, 1.807) is 0 Å². The maximum absolute atomic E-state index is 11.8. The Balaban J connectivity index is 2.55. The number of nitrogens with one attached hydrogen (secondary N) is 1. The maximum atomic E-state index is 11.8. The van der Waals surface area contributed by atoms with Crippen molar-refractivity contribution in [2.24, 2.45) is 0 Å². The minimum absolute atomic E-state index is 0.00107. The number of hydrogen-bond acceptors (Lipinski definition) is 1. The van der Waals surface area contributed by atoms with Crippen molar-refractivity contribution in [2.75, 3.05) is 11.0 Å². The highest BCUT2D eigenvalue weighted by molar-refractivity contribution is 14.1. The van der Waals surface area contributed by atoms with Gasteiger partial charge in [0, 0.05) is 14.6 Å². The summed E-state index contributed by atoms with van der Waals surface area (Å²) in [7, 11) is 0. The Bertz CT molecular complexity index is 371. The van der Waals surface area contributed by atoms with Crippen molar-refractivity contribution in [2.45, 2.75) is 12.8 Å². The van der Waals surface area contributed by atoms with Gasteiger partial charge in [0.25, 0.3) is 5.91 Å². The number of alkyl halides is 1. The molecule has 0 saturated carbocycles. The third kappa shape index (κ3) is 4.87. The average molecular weight is 508 g/mol. The molecule has 1 amide bonds. The van der Waals surface area contributed by atoms with E-state index in [9.17, 15) is 4.79 Å². The number of carbonyl (C=O) groups excluding carboxylic acids is 1. The first-order valence-corrected chi connectivity index (χ1v) is 8.34. The summed E-state index contributed by atoms with van der Waals surface area (Å²) in [6, 6.07) is 5.76. The van der Waals surface area contributed by atoms with E-state index in [0.29, 0.717) is 5.56 Å². The third-order valence-corrected chi connectivity index (χ3v) is 4.14. The Labute approximate surface area is 131 Å². The second-order valence-electron chi connectivity index (χ2n) is 3.28. The predicted octanol–water partition coefficient (Wildman–Crippen LogP) is 4.00. The molecule has 0 fully saturated rings. The van der Waals surface area contributed by atoms with Gasteiger partial charge in [0.1, 0.15) is 0 Å². The summed E-state index contributed by atoms with van der Waals surface area (Å²) in [5, 5.41) is 2.93. The van der Waals surface area contributed by atoms with Crippen LogP contribution in [0.5, 0.6) is 0 Å². The van der Waals surface area contributed by atoms with E-state index in [4.69, 9.17) is 0 Å². The monoisotopic (exact) mass is 507 g/mol. The highest BCUT2D eigenvalue weighted by Gasteiger charge is 2.09. The van der Waals surface area contributed by atoms with Crippen LogP contribution in [-0.4, -0.2) is 16.9 Å². The van der Waals surface area contributed by atoms with Crippen LogP contribution in [0, 0.1) is 3.57 Å². The van der Waals surface area contributed by atoms with Crippen molar-refractivity contribution in [1.82, 2.24) is 5.32 Å². The van der Waals surface area contributed by atoms with E-state index in [-0.39, 0.29) is 5.91 Å². The van der Waals surface area contributed by atoms with Gasteiger partial charge in [-0.3, -0.25) is 4.79 Å². The summed E-state index contributed by atoms with van der Waals surface area (Å²) in [6.45, 7) is 0.750. The fourth-order valence-corrected chi connectivity index (χ4v) is 2.65. The Kier molecular flexibility index (Phi) is 7.22. The van der Waals surface area contributed by atoms with Gasteiger partial charge in [-0.2, -0.15) is 0 Å². The van der Waals surface area contributed by atoms with E-state index in [0.717, 1.165) is 31.9 Å². The highest BCUT2D eigenvalue weighted by atomic mass is 127. The number of unbranched alkanes of at least 4 members (excludes halogenated alkanes) is 1. The van der Waals surface area contributed by atoms with Crippen LogP contribution in [0.1, 0.15) is 23.2 Å². The molecule has 16 heavy (non-hydrogen) atoms. The molecule has 5 heteroatoms. The van der Waals surface area contributed by atoms with Gasteiger partial charge in [0.05, 0.1) is 5.56 Å². The van der Waals surface area contributed by atoms with E-state index >= 15 is 0 Å². The van der Waals surface area contributed by atoms with Crippen molar-refractivity contribution in [3.63, 3.8) is 0 Å². The second kappa shape index (κ2) is 7.86. The highest BCUT2D eigenvalue weighted by Crippen LogP contribution is 2.19. The molecule has 2 nitrogen and oxygen atoms in total. The zero-order chi connectivity index (χ0) is 12.0. The minimum atomic E-state index is -0.00107. The quantitative estimate of drug-likeness (QED) is 0.364. The lowest BCUT2D eigenvalue weighted by Gasteiger charge is -2.06. The number of rotatable bonds is 5. The van der Waals surface area contributed by atoms with Gasteiger partial charge in [0.15, 0.2) is 0 Å². The van der Waals surface area contributed by atoms with Crippen molar-refractivity contribution >= 4 is 67.0 Å². The molecule has 0 aliphatic carbocycles. The maximum Gasteiger partial charge on any atom is 0.252 e. The van der Waals surface area contributed by atoms with Crippen LogP contribution in [0.4, 0.5) is 0 Å². The first kappa shape index (κ1) is 14.7. The fourth-order valence-electron chi connectivity index (χ4n) is 1.19. The van der Waals surface area contributed by atoms with Gasteiger partial charge >= 0.3 is 0 Å². The van der Waals surface area contributed by atoms with Crippen LogP contribution in [0.25, 0.3) is 0 Å². The molecule has 0 aliphatic rings. The molecule has 1 aromatic rings. The molecule has 0 aromatic heterocycles. The number of benzene rings is 1. The van der Waals surface area contributed by atoms with Gasteiger partial charge in [0.2, 0.25) is 0 Å². The molecule has 0 atom stereocenters. The molecule has 0 bridgehead atoms. The predicted molar refractivity (Wildman–Crippen MR) is 87.3 cm³/mol. The minimum Gasteiger partial charge on any atom is -0.352 e. The van der Waals surface area contributed by atoms with Crippen LogP contribution in [0.3, 0.4) is 0 Å². The summed E-state index contributed by atoms with van der Waals surface area (Å²) in [6.07, 6.45) is 2.19. The molecular formula is C11H12BrI2NO. The molecule has 0 radical (unpaired) electrons. The smallest absolute Gasteiger partial charge is 0.252 e. The first-order valence-electron chi connectivity index (χ1n) is 4.94. The van der Waals surface area contributed by atoms with E-state index < -0.39 is 0 Å². The summed E-state index contributed by atoms with van der Waals surface area (Å²) in [4.78, 5) is 11.8. The topological polar surface area (TPSA) is 29.1 Å². The lowest BCUT2D eigenvalue weighted by molar-refractivity contribution is 0.0952. The molecule has 0 heterocycles. The fraction of sp³-hybridized carbons (Fsp3) is 0.364. The molecule has 1 N–H and O–H groups in total. The largest absolute Gasteiger partial charge is 0.352 e. The van der Waals surface area contributed by atoms with Crippen LogP contribution < -0.4 is 5.32 Å². The number of amides is 1. The standard InChI is InChI=1S/C11H12BrI2NO/c12-10-4-3-8(14)7-9(10)11(16)15-6-2-1-5-13/h3-4,7H,1-2,5-6H2,(H,15,16). The SMILES string of the molecule is O=C(NCCCCI)c1cc(I)ccc1Br. The van der Waals surface area contributed by atoms with E-state index in [1.165, 1.54) is 0 Å². The Morgan fingerprint density at radius 3 is 2.81 bits per heavy atom. The Morgan fingerprint density at radius 2 is 2.12 bits per heavy atom. The summed E-state index contributed by atoms with van der Waals surface area (Å²) < 4.78 is 3.05. The lowest BCUT2D eigenvalue weighted by atomic mass is 10.2. The molecule has 0 unspecified atom stereocenters. The summed E-state index contributed by atoms with van der Waals surface area (Å²) in [5.74, 6) is -0.00107. The summed E-state index contributed by atoms with van der Waals surface area (Å²) in [5.41, 5.74) is 0.710. The molecule has 1 aromatic carbocycles. The van der Waals surface area contributed by atoms with E-state index in [2.05, 4.69) is 66.4 Å². The second-order valence-corrected chi connectivity index (χ2v) is 6.45. The first-order chi connectivity index (χ1) is 7.65. The molecule has 0 aliphatic heterocycles. The summed E-state index contributed by atoms with van der Waals surface area (Å²) >= 11 is 7.94. The van der Waals surface area contributed by atoms with Gasteiger partial charge < -0.3 is 5.32 Å². The van der Waals surface area contributed by atoms with Crippen LogP contribution in [-0.2, 0) is 0 Å². The van der Waals surface area contributed by atoms with Crippen molar-refractivity contribution in [3.05, 3.63) is 31.8 Å². The normalized spacial score (nSPS) is 10.2. The zero-order valence-electron chi connectivity index (χ0n) is 8.60.